The molecule has 36 heavy (non-hydrogen) atoms. The van der Waals surface area contributed by atoms with Crippen molar-refractivity contribution < 1.29 is 14.6 Å². The van der Waals surface area contributed by atoms with E-state index in [1.165, 1.54) is 11.1 Å². The van der Waals surface area contributed by atoms with Crippen molar-refractivity contribution in [3.05, 3.63) is 68.8 Å². The molecule has 0 spiro atoms. The second-order valence-corrected chi connectivity index (χ2v) is 12.0. The van der Waals surface area contributed by atoms with Gasteiger partial charge in [0, 0.05) is 21.1 Å². The van der Waals surface area contributed by atoms with Crippen molar-refractivity contribution in [1.82, 2.24) is 5.32 Å². The fourth-order valence-electron chi connectivity index (χ4n) is 4.20. The SMILES string of the molecule is CCC(C)(C)c1ccc(OCCCCNC(=O)c2cc(I)c3ccccc3c2O)c(C(C)(C)CC)c1. The molecule has 194 valence electrons. The van der Waals surface area contributed by atoms with Crippen LogP contribution in [-0.4, -0.2) is 24.2 Å². The molecule has 1 amide bonds. The molecule has 0 fully saturated rings. The summed E-state index contributed by atoms with van der Waals surface area (Å²) in [7, 11) is 0. The first-order valence-electron chi connectivity index (χ1n) is 13.0. The number of rotatable bonds is 11. The molecular weight excluding hydrogens is 561 g/mol. The highest BCUT2D eigenvalue weighted by Crippen LogP contribution is 2.38. The Labute approximate surface area is 230 Å². The molecule has 3 rings (SSSR count). The Morgan fingerprint density at radius 1 is 0.944 bits per heavy atom. The normalized spacial score (nSPS) is 12.1. The number of aromatic hydroxyl groups is 1. The molecule has 0 aliphatic heterocycles. The van der Waals surface area contributed by atoms with Crippen LogP contribution in [-0.2, 0) is 10.8 Å². The number of nitrogens with one attached hydrogen (secondary N) is 1. The minimum Gasteiger partial charge on any atom is -0.506 e. The van der Waals surface area contributed by atoms with Crippen molar-refractivity contribution in [2.45, 2.75) is 78.1 Å². The monoisotopic (exact) mass is 601 g/mol. The minimum absolute atomic E-state index is 0.0303. The molecule has 3 aromatic carbocycles. The Morgan fingerprint density at radius 3 is 2.28 bits per heavy atom. The van der Waals surface area contributed by atoms with E-state index in [0.717, 1.165) is 40.4 Å². The van der Waals surface area contributed by atoms with Gasteiger partial charge in [0.1, 0.15) is 11.5 Å². The Bertz CT molecular complexity index is 1220. The van der Waals surface area contributed by atoms with Gasteiger partial charge in [0.05, 0.1) is 12.2 Å². The number of halogens is 1. The third-order valence-electron chi connectivity index (χ3n) is 7.58. The molecule has 0 saturated carbocycles. The Hall–Kier alpha value is -2.28. The maximum Gasteiger partial charge on any atom is 0.255 e. The second-order valence-electron chi connectivity index (χ2n) is 10.8. The van der Waals surface area contributed by atoms with Crippen LogP contribution in [0, 0.1) is 3.57 Å². The molecule has 2 N–H and O–H groups in total. The van der Waals surface area contributed by atoms with E-state index in [4.69, 9.17) is 4.74 Å². The van der Waals surface area contributed by atoms with Gasteiger partial charge in [0.25, 0.3) is 5.91 Å². The lowest BCUT2D eigenvalue weighted by atomic mass is 9.76. The van der Waals surface area contributed by atoms with E-state index in [1.807, 2.05) is 24.3 Å². The van der Waals surface area contributed by atoms with Gasteiger partial charge >= 0.3 is 0 Å². The number of ether oxygens (including phenoxy) is 1. The zero-order chi connectivity index (χ0) is 26.5. The van der Waals surface area contributed by atoms with E-state index in [2.05, 4.69) is 87.6 Å². The van der Waals surface area contributed by atoms with E-state index in [1.54, 1.807) is 6.07 Å². The summed E-state index contributed by atoms with van der Waals surface area (Å²) >= 11 is 2.21. The first kappa shape index (κ1) is 28.3. The van der Waals surface area contributed by atoms with Crippen molar-refractivity contribution in [2.75, 3.05) is 13.2 Å². The fraction of sp³-hybridized carbons (Fsp3) is 0.452. The molecule has 0 unspecified atom stereocenters. The largest absolute Gasteiger partial charge is 0.506 e. The van der Waals surface area contributed by atoms with Crippen LogP contribution in [0.1, 0.15) is 88.7 Å². The number of benzene rings is 3. The van der Waals surface area contributed by atoms with Crippen LogP contribution in [0.4, 0.5) is 0 Å². The number of hydrogen-bond donors (Lipinski definition) is 2. The zero-order valence-electron chi connectivity index (χ0n) is 22.5. The smallest absolute Gasteiger partial charge is 0.255 e. The number of unbranched alkanes of at least 4 members (excludes halogenated alkanes) is 1. The minimum atomic E-state index is -0.252. The van der Waals surface area contributed by atoms with Gasteiger partial charge in [-0.15, -0.1) is 0 Å². The number of amides is 1. The van der Waals surface area contributed by atoms with Crippen LogP contribution in [0.25, 0.3) is 10.8 Å². The molecule has 0 heterocycles. The summed E-state index contributed by atoms with van der Waals surface area (Å²) in [6, 6.07) is 16.0. The van der Waals surface area contributed by atoms with Gasteiger partial charge < -0.3 is 15.2 Å². The standard InChI is InChI=1S/C31H40INO3/c1-7-30(3,4)21-15-16-27(25(19-21)31(5,6)8-2)36-18-12-11-17-33-29(35)24-20-26(32)22-13-9-10-14-23(22)28(24)34/h9-10,13-16,19-20,34H,7-8,11-12,17-18H2,1-6H3,(H,33,35). The first-order valence-corrected chi connectivity index (χ1v) is 14.1. The van der Waals surface area contributed by atoms with Crippen LogP contribution >= 0.6 is 22.6 Å². The summed E-state index contributed by atoms with van der Waals surface area (Å²) < 4.78 is 7.19. The molecular formula is C31H40INO3. The van der Waals surface area contributed by atoms with Crippen molar-refractivity contribution in [3.8, 4) is 11.5 Å². The van der Waals surface area contributed by atoms with Crippen molar-refractivity contribution >= 4 is 39.3 Å². The summed E-state index contributed by atoms with van der Waals surface area (Å²) in [4.78, 5) is 12.7. The Balaban J connectivity index is 1.58. The van der Waals surface area contributed by atoms with Gasteiger partial charge in [0.15, 0.2) is 0 Å². The van der Waals surface area contributed by atoms with Crippen LogP contribution in [0.2, 0.25) is 0 Å². The molecule has 3 aromatic rings. The second kappa shape index (κ2) is 11.8. The third-order valence-corrected chi connectivity index (χ3v) is 8.47. The van der Waals surface area contributed by atoms with E-state index in [-0.39, 0.29) is 22.5 Å². The van der Waals surface area contributed by atoms with Gasteiger partial charge in [0.2, 0.25) is 0 Å². The fourth-order valence-corrected chi connectivity index (χ4v) is 4.98. The lowest BCUT2D eigenvalue weighted by Gasteiger charge is -2.30. The highest BCUT2D eigenvalue weighted by molar-refractivity contribution is 14.1. The van der Waals surface area contributed by atoms with Gasteiger partial charge in [-0.2, -0.15) is 0 Å². The average molecular weight is 602 g/mol. The average Bonchev–Trinajstić information content (AvgIpc) is 2.88. The van der Waals surface area contributed by atoms with Crippen LogP contribution in [0.5, 0.6) is 11.5 Å². The lowest BCUT2D eigenvalue weighted by Crippen LogP contribution is -2.25. The molecule has 0 atom stereocenters. The third kappa shape index (κ3) is 6.34. The van der Waals surface area contributed by atoms with Crippen molar-refractivity contribution in [1.29, 1.82) is 0 Å². The number of hydrogen-bond acceptors (Lipinski definition) is 3. The maximum absolute atomic E-state index is 12.7. The predicted molar refractivity (Wildman–Crippen MR) is 158 cm³/mol. The van der Waals surface area contributed by atoms with Crippen molar-refractivity contribution in [2.24, 2.45) is 0 Å². The van der Waals surface area contributed by atoms with E-state index >= 15 is 0 Å². The van der Waals surface area contributed by atoms with Gasteiger partial charge in [-0.1, -0.05) is 77.9 Å². The summed E-state index contributed by atoms with van der Waals surface area (Å²) in [6.45, 7) is 14.7. The summed E-state index contributed by atoms with van der Waals surface area (Å²) in [6.07, 6.45) is 3.74. The van der Waals surface area contributed by atoms with Crippen LogP contribution in [0.3, 0.4) is 0 Å². The van der Waals surface area contributed by atoms with E-state index < -0.39 is 0 Å². The molecule has 0 aliphatic rings. The maximum atomic E-state index is 12.7. The van der Waals surface area contributed by atoms with Gasteiger partial charge in [-0.05, 0) is 82.2 Å². The lowest BCUT2D eigenvalue weighted by molar-refractivity contribution is 0.0950. The predicted octanol–water partition coefficient (Wildman–Crippen LogP) is 8.11. The van der Waals surface area contributed by atoms with Gasteiger partial charge in [-0.25, -0.2) is 0 Å². The highest BCUT2D eigenvalue weighted by Gasteiger charge is 2.26. The number of fused-ring (bicyclic) bond motifs is 1. The van der Waals surface area contributed by atoms with Gasteiger partial charge in [-0.3, -0.25) is 4.79 Å². The highest BCUT2D eigenvalue weighted by atomic mass is 127. The van der Waals surface area contributed by atoms with E-state index in [9.17, 15) is 9.90 Å². The Kier molecular flexibility index (Phi) is 9.31. The number of carbonyl (C=O) groups is 1. The molecule has 0 radical (unpaired) electrons. The van der Waals surface area contributed by atoms with Crippen LogP contribution < -0.4 is 10.1 Å². The summed E-state index contributed by atoms with van der Waals surface area (Å²) in [5.74, 6) is 0.739. The zero-order valence-corrected chi connectivity index (χ0v) is 24.7. The molecule has 0 aliphatic carbocycles. The number of phenolic OH excluding ortho intramolecular Hbond substituents is 1. The molecule has 5 heteroatoms. The molecule has 0 bridgehead atoms. The Morgan fingerprint density at radius 2 is 1.61 bits per heavy atom. The van der Waals surface area contributed by atoms with Crippen molar-refractivity contribution in [3.63, 3.8) is 0 Å². The number of carbonyl (C=O) groups excluding carboxylic acids is 1. The van der Waals surface area contributed by atoms with Crippen LogP contribution in [0.15, 0.2) is 48.5 Å². The van der Waals surface area contributed by atoms with E-state index in [0.29, 0.717) is 24.1 Å². The molecule has 4 nitrogen and oxygen atoms in total. The summed E-state index contributed by atoms with van der Waals surface area (Å²) in [5.41, 5.74) is 3.09. The molecule has 0 aromatic heterocycles. The summed E-state index contributed by atoms with van der Waals surface area (Å²) in [5, 5.41) is 15.2. The molecule has 0 saturated heterocycles. The number of phenols is 1. The first-order chi connectivity index (χ1) is 17.0. The quantitative estimate of drug-likeness (QED) is 0.172. The topological polar surface area (TPSA) is 58.6 Å².